The Balaban J connectivity index is 1.30. The minimum absolute atomic E-state index is 0.727. The van der Waals surface area contributed by atoms with E-state index in [4.69, 9.17) is 0 Å². The topological polar surface area (TPSA) is 0 Å². The number of fused-ring (bicyclic) bond motifs is 1. The third-order valence-corrected chi connectivity index (χ3v) is 13.9. The second kappa shape index (κ2) is 10.6. The van der Waals surface area contributed by atoms with Crippen molar-refractivity contribution in [1.29, 1.82) is 0 Å². The molecule has 5 saturated carbocycles. The Kier molecular flexibility index (Phi) is 8.08. The second-order valence-corrected chi connectivity index (χ2v) is 15.5. The summed E-state index contributed by atoms with van der Waals surface area (Å²) in [4.78, 5) is 0. The number of hydrogen-bond donors (Lipinski definition) is 0. The predicted molar refractivity (Wildman–Crippen MR) is 152 cm³/mol. The van der Waals surface area contributed by atoms with Crippen molar-refractivity contribution in [2.75, 3.05) is 0 Å². The summed E-state index contributed by atoms with van der Waals surface area (Å²) in [6, 6.07) is 0. The molecule has 0 N–H and O–H groups in total. The van der Waals surface area contributed by atoms with Crippen LogP contribution in [0, 0.1) is 82.3 Å². The van der Waals surface area contributed by atoms with Crippen molar-refractivity contribution in [1.82, 2.24) is 0 Å². The van der Waals surface area contributed by atoms with Gasteiger partial charge >= 0.3 is 0 Å². The Hall–Kier alpha value is 0. The summed E-state index contributed by atoms with van der Waals surface area (Å²) in [5, 5.41) is 0. The first kappa shape index (κ1) is 26.6. The average molecular weight is 483 g/mol. The van der Waals surface area contributed by atoms with E-state index in [9.17, 15) is 0 Å². The summed E-state index contributed by atoms with van der Waals surface area (Å²) in [6.07, 6.45) is 21.4. The van der Waals surface area contributed by atoms with Gasteiger partial charge in [0.25, 0.3) is 0 Å². The third kappa shape index (κ3) is 4.50. The lowest BCUT2D eigenvalue weighted by atomic mass is 9.73. The minimum Gasteiger partial charge on any atom is -0.0654 e. The van der Waals surface area contributed by atoms with Crippen LogP contribution in [0.1, 0.15) is 138 Å². The molecule has 5 aliphatic carbocycles. The van der Waals surface area contributed by atoms with Crippen molar-refractivity contribution in [3.05, 3.63) is 0 Å². The zero-order valence-electron chi connectivity index (χ0n) is 24.9. The van der Waals surface area contributed by atoms with Crippen LogP contribution < -0.4 is 0 Å². The molecule has 13 unspecified atom stereocenters. The quantitative estimate of drug-likeness (QED) is 0.257. The van der Waals surface area contributed by atoms with Crippen LogP contribution in [0.25, 0.3) is 0 Å². The molecule has 5 rings (SSSR count). The fourth-order valence-electron chi connectivity index (χ4n) is 12.3. The molecule has 0 aromatic carbocycles. The van der Waals surface area contributed by atoms with E-state index in [0.717, 1.165) is 82.3 Å². The summed E-state index contributed by atoms with van der Waals surface area (Å²) in [5.41, 5.74) is 0.727. The molecule has 0 bridgehead atoms. The van der Waals surface area contributed by atoms with E-state index >= 15 is 0 Å². The molecular weight excluding hydrogens is 420 g/mol. The molecular formula is C35H62. The van der Waals surface area contributed by atoms with Crippen molar-refractivity contribution < 1.29 is 0 Å². The van der Waals surface area contributed by atoms with Gasteiger partial charge in [-0.15, -0.1) is 0 Å². The molecule has 5 aliphatic rings. The van der Waals surface area contributed by atoms with Gasteiger partial charge in [0.15, 0.2) is 0 Å². The van der Waals surface area contributed by atoms with E-state index < -0.39 is 0 Å². The number of unbranched alkanes of at least 4 members (excludes halogenated alkanes) is 4. The number of hydrogen-bond acceptors (Lipinski definition) is 0. The minimum atomic E-state index is 0.727. The molecule has 0 spiro atoms. The first-order chi connectivity index (χ1) is 16.8. The van der Waals surface area contributed by atoms with E-state index in [0.29, 0.717) is 0 Å². The maximum absolute atomic E-state index is 2.64. The standard InChI is InChI=1S/C35H62/c1-8-11-12-13-14-15-27-24(7)20-35(10-3)21-26(18-32(27)35)30-17-25-16-28(22(4)5)34-29(23(6)9-2)19-31(30)33(25)34/h22-34H,8-21H2,1-7H3. The molecule has 0 aromatic rings. The zero-order valence-corrected chi connectivity index (χ0v) is 24.9. The van der Waals surface area contributed by atoms with E-state index in [1.165, 1.54) is 44.9 Å². The van der Waals surface area contributed by atoms with E-state index in [1.807, 2.05) is 0 Å². The lowest BCUT2D eigenvalue weighted by Crippen LogP contribution is -2.26. The van der Waals surface area contributed by atoms with Gasteiger partial charge in [-0.2, -0.15) is 0 Å². The molecule has 0 heterocycles. The number of rotatable bonds is 11. The van der Waals surface area contributed by atoms with Crippen LogP contribution >= 0.6 is 0 Å². The van der Waals surface area contributed by atoms with E-state index in [1.54, 1.807) is 44.9 Å². The van der Waals surface area contributed by atoms with Gasteiger partial charge in [-0.25, -0.2) is 0 Å². The largest absolute Gasteiger partial charge is 0.0654 e. The fraction of sp³-hybridized carbons (Fsp3) is 1.00. The maximum Gasteiger partial charge on any atom is -0.0264 e. The fourth-order valence-corrected chi connectivity index (χ4v) is 12.3. The summed E-state index contributed by atoms with van der Waals surface area (Å²) >= 11 is 0. The second-order valence-electron chi connectivity index (χ2n) is 15.5. The summed E-state index contributed by atoms with van der Waals surface area (Å²) in [6.45, 7) is 17.8. The van der Waals surface area contributed by atoms with Gasteiger partial charge < -0.3 is 0 Å². The van der Waals surface area contributed by atoms with Gasteiger partial charge in [0.2, 0.25) is 0 Å². The van der Waals surface area contributed by atoms with Crippen LogP contribution in [0.15, 0.2) is 0 Å². The lowest BCUT2D eigenvalue weighted by molar-refractivity contribution is 0.167. The average Bonchev–Trinajstić information content (AvgIpc) is 3.60. The molecule has 0 radical (unpaired) electrons. The molecule has 0 heteroatoms. The van der Waals surface area contributed by atoms with Crippen LogP contribution in [0.3, 0.4) is 0 Å². The monoisotopic (exact) mass is 482 g/mol. The van der Waals surface area contributed by atoms with Gasteiger partial charge in [0.1, 0.15) is 0 Å². The first-order valence-electron chi connectivity index (χ1n) is 16.8. The smallest absolute Gasteiger partial charge is 0.0264 e. The molecule has 202 valence electrons. The van der Waals surface area contributed by atoms with Gasteiger partial charge in [0.05, 0.1) is 0 Å². The van der Waals surface area contributed by atoms with Crippen molar-refractivity contribution in [2.24, 2.45) is 82.3 Å². The SMILES string of the molecule is CCCCCCCC1C(C)CC2(CC)CC(C3CC4CC(C(C)C)C5C(C(C)CC)CC3C45)CC12. The van der Waals surface area contributed by atoms with Crippen molar-refractivity contribution in [2.45, 2.75) is 138 Å². The van der Waals surface area contributed by atoms with Crippen molar-refractivity contribution in [3.63, 3.8) is 0 Å². The van der Waals surface area contributed by atoms with Crippen LogP contribution in [0.2, 0.25) is 0 Å². The lowest BCUT2D eigenvalue weighted by Gasteiger charge is -2.31. The third-order valence-electron chi connectivity index (χ3n) is 13.9. The molecule has 0 amide bonds. The van der Waals surface area contributed by atoms with E-state index in [2.05, 4.69) is 48.5 Å². The Morgan fingerprint density at radius 3 is 2.20 bits per heavy atom. The molecule has 0 aliphatic heterocycles. The highest BCUT2D eigenvalue weighted by molar-refractivity contribution is 5.13. The van der Waals surface area contributed by atoms with E-state index in [-0.39, 0.29) is 0 Å². The predicted octanol–water partition coefficient (Wildman–Crippen LogP) is 10.7. The highest BCUT2D eigenvalue weighted by Crippen LogP contribution is 2.72. The highest BCUT2D eigenvalue weighted by Gasteiger charge is 2.64. The summed E-state index contributed by atoms with van der Waals surface area (Å²) in [7, 11) is 0. The van der Waals surface area contributed by atoms with Crippen molar-refractivity contribution in [3.8, 4) is 0 Å². The van der Waals surface area contributed by atoms with Crippen LogP contribution in [-0.4, -0.2) is 0 Å². The molecule has 13 atom stereocenters. The highest BCUT2D eigenvalue weighted by atomic mass is 14.7. The Morgan fingerprint density at radius 2 is 1.51 bits per heavy atom. The molecule has 0 aromatic heterocycles. The Bertz CT molecular complexity index is 692. The van der Waals surface area contributed by atoms with Crippen LogP contribution in [0.5, 0.6) is 0 Å². The van der Waals surface area contributed by atoms with Crippen LogP contribution in [-0.2, 0) is 0 Å². The summed E-state index contributed by atoms with van der Waals surface area (Å²) < 4.78 is 0. The molecule has 0 saturated heterocycles. The van der Waals surface area contributed by atoms with Gasteiger partial charge in [0, 0.05) is 0 Å². The molecule has 35 heavy (non-hydrogen) atoms. The van der Waals surface area contributed by atoms with Gasteiger partial charge in [-0.1, -0.05) is 93.4 Å². The Labute approximate surface area is 220 Å². The van der Waals surface area contributed by atoms with Gasteiger partial charge in [-0.3, -0.25) is 0 Å². The van der Waals surface area contributed by atoms with Crippen LogP contribution in [0.4, 0.5) is 0 Å². The molecule has 5 fully saturated rings. The Morgan fingerprint density at radius 1 is 0.743 bits per heavy atom. The first-order valence-corrected chi connectivity index (χ1v) is 16.8. The maximum atomic E-state index is 2.64. The van der Waals surface area contributed by atoms with Gasteiger partial charge in [-0.05, 0) is 127 Å². The van der Waals surface area contributed by atoms with Crippen molar-refractivity contribution >= 4 is 0 Å². The normalized spacial score (nSPS) is 49.2. The zero-order chi connectivity index (χ0) is 24.9. The summed E-state index contributed by atoms with van der Waals surface area (Å²) in [5.74, 6) is 13.7. The molecule has 0 nitrogen and oxygen atoms in total.